The van der Waals surface area contributed by atoms with E-state index in [4.69, 9.17) is 9.84 Å². The fraction of sp³-hybridized carbons (Fsp3) is 0.565. The third-order valence-corrected chi connectivity index (χ3v) is 6.09. The van der Waals surface area contributed by atoms with Crippen LogP contribution in [0.4, 0.5) is 0 Å². The van der Waals surface area contributed by atoms with Gasteiger partial charge in [-0.15, -0.1) is 0 Å². The predicted octanol–water partition coefficient (Wildman–Crippen LogP) is 2.69. The van der Waals surface area contributed by atoms with E-state index in [1.807, 2.05) is 18.2 Å². The van der Waals surface area contributed by atoms with E-state index in [0.29, 0.717) is 19.1 Å². The van der Waals surface area contributed by atoms with Crippen molar-refractivity contribution in [3.63, 3.8) is 0 Å². The summed E-state index contributed by atoms with van der Waals surface area (Å²) < 4.78 is 7.83. The van der Waals surface area contributed by atoms with E-state index in [1.54, 1.807) is 0 Å². The highest BCUT2D eigenvalue weighted by Crippen LogP contribution is 2.23. The number of rotatable bonds is 7. The number of carbonyl (C=O) groups is 1. The largest absolute Gasteiger partial charge is 0.376 e. The average Bonchev–Trinajstić information content (AvgIpc) is 3.12. The van der Waals surface area contributed by atoms with Crippen LogP contribution >= 0.6 is 0 Å². The van der Waals surface area contributed by atoms with Gasteiger partial charge in [0.1, 0.15) is 0 Å². The topological polar surface area (TPSA) is 59.4 Å². The monoisotopic (exact) mass is 396 g/mol. The lowest BCUT2D eigenvalue weighted by Gasteiger charge is -2.32. The molecule has 1 amide bonds. The summed E-state index contributed by atoms with van der Waals surface area (Å²) in [6.07, 6.45) is 4.34. The van der Waals surface area contributed by atoms with Crippen LogP contribution in [0.25, 0.3) is 0 Å². The van der Waals surface area contributed by atoms with E-state index in [1.165, 1.54) is 22.5 Å². The molecule has 6 heteroatoms. The SMILES string of the molecule is CCn1nc(CN2CCC(NC(=O)CCc3ccccc3)CC2)c2c1CCOC2. The number of fused-ring (bicyclic) bond motifs is 1. The van der Waals surface area contributed by atoms with Gasteiger partial charge in [-0.2, -0.15) is 5.10 Å². The quantitative estimate of drug-likeness (QED) is 0.782. The van der Waals surface area contributed by atoms with Crippen molar-refractivity contribution in [1.29, 1.82) is 0 Å². The van der Waals surface area contributed by atoms with Gasteiger partial charge < -0.3 is 10.1 Å². The number of carbonyl (C=O) groups excluding carboxylic acids is 1. The molecule has 0 spiro atoms. The molecule has 1 saturated heterocycles. The van der Waals surface area contributed by atoms with Crippen molar-refractivity contribution < 1.29 is 9.53 Å². The summed E-state index contributed by atoms with van der Waals surface area (Å²) in [6, 6.07) is 10.5. The number of benzene rings is 1. The van der Waals surface area contributed by atoms with Crippen LogP contribution in [0.2, 0.25) is 0 Å². The van der Waals surface area contributed by atoms with Crippen molar-refractivity contribution >= 4 is 5.91 Å². The van der Waals surface area contributed by atoms with Crippen molar-refractivity contribution in [3.05, 3.63) is 52.8 Å². The molecule has 0 unspecified atom stereocenters. The minimum atomic E-state index is 0.167. The zero-order valence-electron chi connectivity index (χ0n) is 17.4. The first-order chi connectivity index (χ1) is 14.2. The molecule has 1 aromatic carbocycles. The van der Waals surface area contributed by atoms with Gasteiger partial charge in [0.25, 0.3) is 0 Å². The summed E-state index contributed by atoms with van der Waals surface area (Å²) in [6.45, 7) is 7.44. The Morgan fingerprint density at radius 3 is 2.79 bits per heavy atom. The number of amides is 1. The minimum absolute atomic E-state index is 0.167. The van der Waals surface area contributed by atoms with Crippen molar-refractivity contribution in [2.45, 2.75) is 64.8 Å². The normalized spacial score (nSPS) is 17.8. The average molecular weight is 397 g/mol. The highest BCUT2D eigenvalue weighted by Gasteiger charge is 2.25. The van der Waals surface area contributed by atoms with Crippen molar-refractivity contribution in [3.8, 4) is 0 Å². The van der Waals surface area contributed by atoms with Gasteiger partial charge in [0.05, 0.1) is 18.9 Å². The van der Waals surface area contributed by atoms with Crippen LogP contribution in [0, 0.1) is 0 Å². The van der Waals surface area contributed by atoms with E-state index < -0.39 is 0 Å². The molecule has 0 atom stereocenters. The third-order valence-electron chi connectivity index (χ3n) is 6.09. The van der Waals surface area contributed by atoms with Crippen LogP contribution in [-0.2, 0) is 42.1 Å². The van der Waals surface area contributed by atoms with Crippen molar-refractivity contribution in [2.75, 3.05) is 19.7 Å². The molecule has 6 nitrogen and oxygen atoms in total. The fourth-order valence-electron chi connectivity index (χ4n) is 4.42. The van der Waals surface area contributed by atoms with Crippen LogP contribution in [0.1, 0.15) is 48.7 Å². The number of aromatic nitrogens is 2. The molecule has 3 heterocycles. The highest BCUT2D eigenvalue weighted by molar-refractivity contribution is 5.76. The van der Waals surface area contributed by atoms with E-state index in [0.717, 1.165) is 58.5 Å². The summed E-state index contributed by atoms with van der Waals surface area (Å²) >= 11 is 0. The Morgan fingerprint density at radius 1 is 1.24 bits per heavy atom. The fourth-order valence-corrected chi connectivity index (χ4v) is 4.42. The Labute approximate surface area is 173 Å². The Bertz CT molecular complexity index is 810. The van der Waals surface area contributed by atoms with Gasteiger partial charge in [-0.25, -0.2) is 0 Å². The molecule has 0 saturated carbocycles. The molecule has 29 heavy (non-hydrogen) atoms. The Morgan fingerprint density at radius 2 is 2.03 bits per heavy atom. The molecule has 0 aliphatic carbocycles. The summed E-state index contributed by atoms with van der Waals surface area (Å²) in [7, 11) is 0. The van der Waals surface area contributed by atoms with Crippen LogP contribution in [0.15, 0.2) is 30.3 Å². The maximum absolute atomic E-state index is 12.3. The van der Waals surface area contributed by atoms with Crippen molar-refractivity contribution in [2.24, 2.45) is 0 Å². The second kappa shape index (κ2) is 9.55. The molecule has 2 aromatic rings. The number of nitrogens with one attached hydrogen (secondary N) is 1. The van der Waals surface area contributed by atoms with Crippen LogP contribution in [0.3, 0.4) is 0 Å². The minimum Gasteiger partial charge on any atom is -0.376 e. The van der Waals surface area contributed by atoms with Gasteiger partial charge in [-0.3, -0.25) is 14.4 Å². The molecule has 0 radical (unpaired) electrons. The van der Waals surface area contributed by atoms with Gasteiger partial charge >= 0.3 is 0 Å². The van der Waals surface area contributed by atoms with Gasteiger partial charge in [0, 0.05) is 56.3 Å². The Kier molecular flexibility index (Phi) is 6.62. The lowest BCUT2D eigenvalue weighted by atomic mass is 10.0. The number of likely N-dealkylation sites (tertiary alicyclic amines) is 1. The number of aryl methyl sites for hydroxylation is 2. The number of hydrogen-bond acceptors (Lipinski definition) is 4. The van der Waals surface area contributed by atoms with E-state index in [9.17, 15) is 4.79 Å². The maximum Gasteiger partial charge on any atom is 0.220 e. The summed E-state index contributed by atoms with van der Waals surface area (Å²) in [4.78, 5) is 14.8. The van der Waals surface area contributed by atoms with E-state index in [2.05, 4.69) is 34.0 Å². The first kappa shape index (κ1) is 20.1. The van der Waals surface area contributed by atoms with Crippen LogP contribution in [-0.4, -0.2) is 46.3 Å². The molecule has 1 aromatic heterocycles. The van der Waals surface area contributed by atoms with E-state index >= 15 is 0 Å². The lowest BCUT2D eigenvalue weighted by Crippen LogP contribution is -2.44. The van der Waals surface area contributed by atoms with Gasteiger partial charge in [-0.1, -0.05) is 30.3 Å². The maximum atomic E-state index is 12.3. The zero-order chi connectivity index (χ0) is 20.1. The summed E-state index contributed by atoms with van der Waals surface area (Å²) in [5.41, 5.74) is 5.05. The number of ether oxygens (including phenoxy) is 1. The molecule has 1 N–H and O–H groups in total. The predicted molar refractivity (Wildman–Crippen MR) is 112 cm³/mol. The molecule has 156 valence electrons. The molecule has 2 aliphatic heterocycles. The third kappa shape index (κ3) is 5.06. The standard InChI is InChI=1S/C23H32N4O2/c1-2-27-22-12-15-29-17-20(22)21(25-27)16-26-13-10-19(11-14-26)24-23(28)9-8-18-6-4-3-5-7-18/h3-7,19H,2,8-17H2,1H3,(H,24,28). The first-order valence-electron chi connectivity index (χ1n) is 10.9. The van der Waals surface area contributed by atoms with Gasteiger partial charge in [-0.05, 0) is 31.7 Å². The number of piperidine rings is 1. The zero-order valence-corrected chi connectivity index (χ0v) is 17.4. The van der Waals surface area contributed by atoms with Gasteiger partial charge in [0.15, 0.2) is 0 Å². The van der Waals surface area contributed by atoms with E-state index in [-0.39, 0.29) is 5.91 Å². The first-order valence-corrected chi connectivity index (χ1v) is 10.9. The number of hydrogen-bond donors (Lipinski definition) is 1. The molecule has 4 rings (SSSR count). The number of nitrogens with zero attached hydrogens (tertiary/aromatic N) is 3. The van der Waals surface area contributed by atoms with Gasteiger partial charge in [0.2, 0.25) is 5.91 Å². The highest BCUT2D eigenvalue weighted by atomic mass is 16.5. The summed E-state index contributed by atoms with van der Waals surface area (Å²) in [5.74, 6) is 0.167. The molecule has 2 aliphatic rings. The summed E-state index contributed by atoms with van der Waals surface area (Å²) in [5, 5.41) is 8.08. The second-order valence-electron chi connectivity index (χ2n) is 8.09. The molecule has 1 fully saturated rings. The molecular formula is C23H32N4O2. The van der Waals surface area contributed by atoms with Crippen LogP contribution < -0.4 is 5.32 Å². The lowest BCUT2D eigenvalue weighted by molar-refractivity contribution is -0.122. The molecular weight excluding hydrogens is 364 g/mol. The Balaban J connectivity index is 1.24. The van der Waals surface area contributed by atoms with Crippen LogP contribution in [0.5, 0.6) is 0 Å². The molecule has 0 bridgehead atoms. The Hall–Kier alpha value is -2.18. The second-order valence-corrected chi connectivity index (χ2v) is 8.09. The van der Waals surface area contributed by atoms with Crippen molar-refractivity contribution in [1.82, 2.24) is 20.0 Å². The smallest absolute Gasteiger partial charge is 0.220 e.